The Labute approximate surface area is 113 Å². The van der Waals surface area contributed by atoms with Gasteiger partial charge < -0.3 is 10.2 Å². The van der Waals surface area contributed by atoms with Crippen molar-refractivity contribution in [2.24, 2.45) is 0 Å². The zero-order chi connectivity index (χ0) is 14.7. The second kappa shape index (κ2) is 5.20. The van der Waals surface area contributed by atoms with Crippen molar-refractivity contribution in [2.45, 2.75) is 0 Å². The monoisotopic (exact) mass is 268 g/mol. The van der Waals surface area contributed by atoms with Crippen LogP contribution >= 0.6 is 0 Å². The molecule has 0 unspecified atom stereocenters. The van der Waals surface area contributed by atoms with E-state index in [1.165, 1.54) is 6.07 Å². The van der Waals surface area contributed by atoms with E-state index >= 15 is 0 Å². The molecular formula is C14H8N2O4. The number of pyridine rings is 1. The number of hydrogen-bond acceptors (Lipinski definition) is 4. The minimum atomic E-state index is -1.28. The van der Waals surface area contributed by atoms with E-state index in [0.29, 0.717) is 11.1 Å². The van der Waals surface area contributed by atoms with Crippen LogP contribution < -0.4 is 0 Å². The summed E-state index contributed by atoms with van der Waals surface area (Å²) in [6, 6.07) is 9.28. The zero-order valence-electron chi connectivity index (χ0n) is 10.1. The molecule has 0 saturated heterocycles. The van der Waals surface area contributed by atoms with Gasteiger partial charge in [0, 0.05) is 11.8 Å². The molecule has 0 spiro atoms. The number of carboxylic acids is 2. The Morgan fingerprint density at radius 2 is 1.90 bits per heavy atom. The van der Waals surface area contributed by atoms with Gasteiger partial charge in [-0.3, -0.25) is 4.98 Å². The van der Waals surface area contributed by atoms with Gasteiger partial charge in [-0.25, -0.2) is 9.59 Å². The van der Waals surface area contributed by atoms with Gasteiger partial charge in [0.15, 0.2) is 0 Å². The first-order valence-electron chi connectivity index (χ1n) is 5.50. The summed E-state index contributed by atoms with van der Waals surface area (Å²) < 4.78 is 0. The predicted octanol–water partition coefficient (Wildman–Crippen LogP) is 2.02. The predicted molar refractivity (Wildman–Crippen MR) is 68.3 cm³/mol. The molecule has 0 bridgehead atoms. The van der Waals surface area contributed by atoms with E-state index in [0.717, 1.165) is 12.3 Å². The maximum absolute atomic E-state index is 11.2. The lowest BCUT2D eigenvalue weighted by Crippen LogP contribution is -2.06. The van der Waals surface area contributed by atoms with Crippen LogP contribution in [-0.2, 0) is 0 Å². The lowest BCUT2D eigenvalue weighted by atomic mass is 10.0. The van der Waals surface area contributed by atoms with Crippen LogP contribution in [0.15, 0.2) is 36.5 Å². The van der Waals surface area contributed by atoms with Crippen molar-refractivity contribution in [1.82, 2.24) is 4.98 Å². The van der Waals surface area contributed by atoms with E-state index in [4.69, 9.17) is 15.5 Å². The molecule has 6 heteroatoms. The van der Waals surface area contributed by atoms with E-state index in [1.54, 1.807) is 18.2 Å². The van der Waals surface area contributed by atoms with Crippen LogP contribution in [0.5, 0.6) is 0 Å². The summed E-state index contributed by atoms with van der Waals surface area (Å²) in [5.74, 6) is -2.53. The third-order valence-electron chi connectivity index (χ3n) is 2.63. The number of carbonyl (C=O) groups is 2. The van der Waals surface area contributed by atoms with Crippen molar-refractivity contribution < 1.29 is 19.8 Å². The Kier molecular flexibility index (Phi) is 3.44. The minimum Gasteiger partial charge on any atom is -0.478 e. The fourth-order valence-electron chi connectivity index (χ4n) is 1.71. The van der Waals surface area contributed by atoms with Crippen LogP contribution in [-0.4, -0.2) is 27.1 Å². The number of nitrogens with zero attached hydrogens (tertiary/aromatic N) is 2. The number of carboxylic acid groups (broad SMARTS) is 2. The Morgan fingerprint density at radius 3 is 2.50 bits per heavy atom. The molecule has 6 nitrogen and oxygen atoms in total. The van der Waals surface area contributed by atoms with Crippen molar-refractivity contribution in [3.8, 4) is 17.3 Å². The number of nitriles is 1. The lowest BCUT2D eigenvalue weighted by Gasteiger charge is -2.06. The normalized spacial score (nSPS) is 9.75. The average molecular weight is 268 g/mol. The number of aromatic carboxylic acids is 2. The second-order valence-corrected chi connectivity index (χ2v) is 3.92. The molecule has 1 aromatic carbocycles. The van der Waals surface area contributed by atoms with E-state index in [2.05, 4.69) is 4.98 Å². The van der Waals surface area contributed by atoms with Crippen LogP contribution in [0.25, 0.3) is 11.3 Å². The first kappa shape index (κ1) is 13.2. The first-order chi connectivity index (χ1) is 9.52. The van der Waals surface area contributed by atoms with Crippen molar-refractivity contribution in [3.63, 3.8) is 0 Å². The van der Waals surface area contributed by atoms with Gasteiger partial charge in [0.05, 0.1) is 28.5 Å². The van der Waals surface area contributed by atoms with Gasteiger partial charge in [0.25, 0.3) is 0 Å². The fourth-order valence-corrected chi connectivity index (χ4v) is 1.71. The van der Waals surface area contributed by atoms with Crippen LogP contribution in [0.3, 0.4) is 0 Å². The summed E-state index contributed by atoms with van der Waals surface area (Å²) in [5.41, 5.74) is 0.503. The third-order valence-corrected chi connectivity index (χ3v) is 2.63. The van der Waals surface area contributed by atoms with Gasteiger partial charge in [-0.1, -0.05) is 12.1 Å². The van der Waals surface area contributed by atoms with Crippen LogP contribution in [0.1, 0.15) is 26.3 Å². The Bertz CT molecular complexity index is 747. The molecule has 20 heavy (non-hydrogen) atoms. The second-order valence-electron chi connectivity index (χ2n) is 3.92. The Hall–Kier alpha value is -3.20. The molecule has 0 amide bonds. The maximum Gasteiger partial charge on any atom is 0.337 e. The number of hydrogen-bond donors (Lipinski definition) is 2. The summed E-state index contributed by atoms with van der Waals surface area (Å²) in [6.07, 6.45) is 1.09. The highest BCUT2D eigenvalue weighted by atomic mass is 16.4. The van der Waals surface area contributed by atoms with Crippen molar-refractivity contribution >= 4 is 11.9 Å². The van der Waals surface area contributed by atoms with E-state index < -0.39 is 11.9 Å². The van der Waals surface area contributed by atoms with Crippen LogP contribution in [0, 0.1) is 11.3 Å². The molecule has 1 aromatic heterocycles. The fraction of sp³-hybridized carbons (Fsp3) is 0. The van der Waals surface area contributed by atoms with E-state index in [9.17, 15) is 9.59 Å². The minimum absolute atomic E-state index is 0.125. The van der Waals surface area contributed by atoms with Crippen LogP contribution in [0.4, 0.5) is 0 Å². The summed E-state index contributed by atoms with van der Waals surface area (Å²) in [4.78, 5) is 26.0. The Morgan fingerprint density at radius 1 is 1.15 bits per heavy atom. The SMILES string of the molecule is N#Cc1cccc(-c2ncc(C(=O)O)cc2C(=O)O)c1. The van der Waals surface area contributed by atoms with E-state index in [-0.39, 0.29) is 16.8 Å². The number of aromatic nitrogens is 1. The standard InChI is InChI=1S/C14H8N2O4/c15-6-8-2-1-3-9(4-8)12-11(14(19)20)5-10(7-16-12)13(17)18/h1-5,7H,(H,17,18)(H,19,20). The van der Waals surface area contributed by atoms with Crippen molar-refractivity contribution in [1.29, 1.82) is 5.26 Å². The molecule has 1 heterocycles. The van der Waals surface area contributed by atoms with Gasteiger partial charge in [0.2, 0.25) is 0 Å². The van der Waals surface area contributed by atoms with Crippen molar-refractivity contribution in [3.05, 3.63) is 53.2 Å². The summed E-state index contributed by atoms with van der Waals surface area (Å²) in [7, 11) is 0. The quantitative estimate of drug-likeness (QED) is 0.880. The molecule has 2 rings (SSSR count). The van der Waals surface area contributed by atoms with E-state index in [1.807, 2.05) is 6.07 Å². The zero-order valence-corrected chi connectivity index (χ0v) is 10.1. The van der Waals surface area contributed by atoms with Gasteiger partial charge in [-0.15, -0.1) is 0 Å². The molecule has 0 saturated carbocycles. The molecule has 0 radical (unpaired) electrons. The van der Waals surface area contributed by atoms with Crippen molar-refractivity contribution in [2.75, 3.05) is 0 Å². The summed E-state index contributed by atoms with van der Waals surface area (Å²) >= 11 is 0. The average Bonchev–Trinajstić information content (AvgIpc) is 2.46. The molecule has 2 N–H and O–H groups in total. The summed E-state index contributed by atoms with van der Waals surface area (Å²) in [6.45, 7) is 0. The topological polar surface area (TPSA) is 111 Å². The molecule has 0 aliphatic rings. The molecule has 0 aliphatic heterocycles. The van der Waals surface area contributed by atoms with Gasteiger partial charge in [-0.05, 0) is 18.2 Å². The summed E-state index contributed by atoms with van der Waals surface area (Å²) in [5, 5.41) is 26.9. The highest BCUT2D eigenvalue weighted by Gasteiger charge is 2.16. The smallest absolute Gasteiger partial charge is 0.337 e. The molecular weight excluding hydrogens is 260 g/mol. The highest BCUT2D eigenvalue weighted by molar-refractivity contribution is 5.98. The largest absolute Gasteiger partial charge is 0.478 e. The van der Waals surface area contributed by atoms with Gasteiger partial charge in [-0.2, -0.15) is 5.26 Å². The highest BCUT2D eigenvalue weighted by Crippen LogP contribution is 2.23. The third kappa shape index (κ3) is 2.47. The lowest BCUT2D eigenvalue weighted by molar-refractivity contribution is 0.0696. The first-order valence-corrected chi connectivity index (χ1v) is 5.50. The molecule has 0 fully saturated rings. The molecule has 98 valence electrons. The van der Waals surface area contributed by atoms with Crippen LogP contribution in [0.2, 0.25) is 0 Å². The molecule has 0 aliphatic carbocycles. The molecule has 0 atom stereocenters. The number of benzene rings is 1. The van der Waals surface area contributed by atoms with Gasteiger partial charge >= 0.3 is 11.9 Å². The van der Waals surface area contributed by atoms with Gasteiger partial charge in [0.1, 0.15) is 0 Å². The number of rotatable bonds is 3. The maximum atomic E-state index is 11.2. The Balaban J connectivity index is 2.64. The molecule has 2 aromatic rings.